The van der Waals surface area contributed by atoms with Gasteiger partial charge in [0, 0.05) is 12.6 Å². The van der Waals surface area contributed by atoms with Crippen molar-refractivity contribution in [3.63, 3.8) is 0 Å². The number of esters is 1. The number of likely N-dealkylation sites (tertiary alicyclic amines) is 1. The van der Waals surface area contributed by atoms with Gasteiger partial charge >= 0.3 is 5.97 Å². The average Bonchev–Trinajstić information content (AvgIpc) is 2.17. The first kappa shape index (κ1) is 12.5. The van der Waals surface area contributed by atoms with Crippen LogP contribution in [0, 0.1) is 5.92 Å². The fourth-order valence-corrected chi connectivity index (χ4v) is 2.08. The Morgan fingerprint density at radius 1 is 1.60 bits per heavy atom. The SMILES string of the molecule is CCOC(=O)CNC1CCN(C)CC1C. The molecule has 1 rings (SSSR count). The molecule has 4 nitrogen and oxygen atoms in total. The fourth-order valence-electron chi connectivity index (χ4n) is 2.08. The van der Waals surface area contributed by atoms with Crippen molar-refractivity contribution < 1.29 is 9.53 Å². The second-order valence-corrected chi connectivity index (χ2v) is 4.32. The highest BCUT2D eigenvalue weighted by atomic mass is 16.5. The summed E-state index contributed by atoms with van der Waals surface area (Å²) >= 11 is 0. The predicted molar refractivity (Wildman–Crippen MR) is 59.7 cm³/mol. The van der Waals surface area contributed by atoms with Gasteiger partial charge in [-0.05, 0) is 32.9 Å². The highest BCUT2D eigenvalue weighted by Crippen LogP contribution is 2.14. The number of ether oxygens (including phenoxy) is 1. The summed E-state index contributed by atoms with van der Waals surface area (Å²) in [6.07, 6.45) is 1.11. The number of nitrogens with zero attached hydrogens (tertiary/aromatic N) is 1. The van der Waals surface area contributed by atoms with Crippen LogP contribution in [0.1, 0.15) is 20.3 Å². The number of nitrogens with one attached hydrogen (secondary N) is 1. The van der Waals surface area contributed by atoms with Crippen LogP contribution in [0.2, 0.25) is 0 Å². The largest absolute Gasteiger partial charge is 0.465 e. The van der Waals surface area contributed by atoms with Gasteiger partial charge in [0.25, 0.3) is 0 Å². The molecule has 1 N–H and O–H groups in total. The van der Waals surface area contributed by atoms with Gasteiger partial charge in [-0.3, -0.25) is 4.79 Å². The zero-order valence-electron chi connectivity index (χ0n) is 9.95. The normalized spacial score (nSPS) is 27.7. The van der Waals surface area contributed by atoms with Crippen LogP contribution in [0.15, 0.2) is 0 Å². The summed E-state index contributed by atoms with van der Waals surface area (Å²) in [7, 11) is 2.14. The van der Waals surface area contributed by atoms with Crippen LogP contribution in [-0.2, 0) is 9.53 Å². The van der Waals surface area contributed by atoms with Gasteiger partial charge in [0.15, 0.2) is 0 Å². The number of rotatable bonds is 4. The number of hydrogen-bond donors (Lipinski definition) is 1. The van der Waals surface area contributed by atoms with Gasteiger partial charge in [0.1, 0.15) is 0 Å². The van der Waals surface area contributed by atoms with Crippen LogP contribution >= 0.6 is 0 Å². The Kier molecular flexibility index (Phi) is 5.05. The lowest BCUT2D eigenvalue weighted by Crippen LogP contribution is -2.48. The average molecular weight is 214 g/mol. The fraction of sp³-hybridized carbons (Fsp3) is 0.909. The molecule has 0 aromatic heterocycles. The summed E-state index contributed by atoms with van der Waals surface area (Å²) in [6, 6.07) is 0.450. The van der Waals surface area contributed by atoms with Gasteiger partial charge in [-0.25, -0.2) is 0 Å². The Hall–Kier alpha value is -0.610. The first-order chi connectivity index (χ1) is 7.13. The van der Waals surface area contributed by atoms with Crippen LogP contribution in [0.25, 0.3) is 0 Å². The molecule has 2 atom stereocenters. The molecular formula is C11H22N2O2. The molecule has 1 heterocycles. The van der Waals surface area contributed by atoms with E-state index in [2.05, 4.69) is 24.2 Å². The molecule has 4 heteroatoms. The van der Waals surface area contributed by atoms with Crippen LogP contribution < -0.4 is 5.32 Å². The topological polar surface area (TPSA) is 41.6 Å². The third kappa shape index (κ3) is 4.18. The standard InChI is InChI=1S/C11H22N2O2/c1-4-15-11(14)7-12-10-5-6-13(3)8-9(10)2/h9-10,12H,4-8H2,1-3H3. The molecule has 0 bridgehead atoms. The van der Waals surface area contributed by atoms with Crippen LogP contribution in [-0.4, -0.2) is 50.2 Å². The van der Waals surface area contributed by atoms with Gasteiger partial charge in [0.05, 0.1) is 13.2 Å². The molecular weight excluding hydrogens is 192 g/mol. The maximum atomic E-state index is 11.2. The molecule has 1 fully saturated rings. The number of carbonyl (C=O) groups excluding carboxylic acids is 1. The lowest BCUT2D eigenvalue weighted by Gasteiger charge is -2.35. The van der Waals surface area contributed by atoms with E-state index in [1.165, 1.54) is 0 Å². The summed E-state index contributed by atoms with van der Waals surface area (Å²) in [6.45, 7) is 7.05. The quantitative estimate of drug-likeness (QED) is 0.691. The molecule has 0 amide bonds. The Morgan fingerprint density at radius 2 is 2.33 bits per heavy atom. The Balaban J connectivity index is 2.23. The molecule has 0 aliphatic carbocycles. The highest BCUT2D eigenvalue weighted by molar-refractivity contribution is 5.71. The van der Waals surface area contributed by atoms with E-state index in [9.17, 15) is 4.79 Å². The van der Waals surface area contributed by atoms with E-state index in [0.717, 1.165) is 19.5 Å². The number of hydrogen-bond acceptors (Lipinski definition) is 4. The molecule has 15 heavy (non-hydrogen) atoms. The highest BCUT2D eigenvalue weighted by Gasteiger charge is 2.24. The maximum Gasteiger partial charge on any atom is 0.319 e. The van der Waals surface area contributed by atoms with Gasteiger partial charge in [0.2, 0.25) is 0 Å². The second-order valence-electron chi connectivity index (χ2n) is 4.32. The molecule has 0 aromatic rings. The minimum Gasteiger partial charge on any atom is -0.465 e. The summed E-state index contributed by atoms with van der Waals surface area (Å²) < 4.78 is 4.88. The third-order valence-electron chi connectivity index (χ3n) is 2.92. The van der Waals surface area contributed by atoms with Crippen LogP contribution in [0.3, 0.4) is 0 Å². The summed E-state index contributed by atoms with van der Waals surface area (Å²) in [5.41, 5.74) is 0. The summed E-state index contributed by atoms with van der Waals surface area (Å²) in [5.74, 6) is 0.446. The summed E-state index contributed by atoms with van der Waals surface area (Å²) in [4.78, 5) is 13.5. The van der Waals surface area contributed by atoms with Crippen molar-refractivity contribution in [2.75, 3.05) is 33.3 Å². The van der Waals surface area contributed by atoms with E-state index in [1.807, 2.05) is 6.92 Å². The zero-order chi connectivity index (χ0) is 11.3. The monoisotopic (exact) mass is 214 g/mol. The molecule has 1 aliphatic heterocycles. The van der Waals surface area contributed by atoms with Crippen molar-refractivity contribution in [1.82, 2.24) is 10.2 Å². The van der Waals surface area contributed by atoms with Gasteiger partial charge in [-0.2, -0.15) is 0 Å². The van der Waals surface area contributed by atoms with E-state index in [1.54, 1.807) is 0 Å². The van der Waals surface area contributed by atoms with E-state index in [4.69, 9.17) is 4.74 Å². The maximum absolute atomic E-state index is 11.2. The van der Waals surface area contributed by atoms with E-state index in [-0.39, 0.29) is 5.97 Å². The molecule has 1 aliphatic rings. The smallest absolute Gasteiger partial charge is 0.319 e. The number of piperidine rings is 1. The molecule has 1 saturated heterocycles. The van der Waals surface area contributed by atoms with Crippen molar-refractivity contribution in [2.24, 2.45) is 5.92 Å². The van der Waals surface area contributed by atoms with Crippen molar-refractivity contribution in [3.05, 3.63) is 0 Å². The van der Waals surface area contributed by atoms with E-state index >= 15 is 0 Å². The minimum absolute atomic E-state index is 0.149. The molecule has 2 unspecified atom stereocenters. The molecule has 0 saturated carbocycles. The van der Waals surface area contributed by atoms with Crippen molar-refractivity contribution in [2.45, 2.75) is 26.3 Å². The van der Waals surface area contributed by atoms with Gasteiger partial charge < -0.3 is 15.0 Å². The van der Waals surface area contributed by atoms with Crippen molar-refractivity contribution in [1.29, 1.82) is 0 Å². The van der Waals surface area contributed by atoms with E-state index in [0.29, 0.717) is 25.1 Å². The van der Waals surface area contributed by atoms with Gasteiger partial charge in [-0.1, -0.05) is 6.92 Å². The summed E-state index contributed by atoms with van der Waals surface area (Å²) in [5, 5.41) is 3.28. The Bertz CT molecular complexity index is 209. The molecule has 0 radical (unpaired) electrons. The lowest BCUT2D eigenvalue weighted by molar-refractivity contribution is -0.142. The number of carbonyl (C=O) groups is 1. The van der Waals surface area contributed by atoms with E-state index < -0.39 is 0 Å². The first-order valence-electron chi connectivity index (χ1n) is 5.71. The van der Waals surface area contributed by atoms with Crippen molar-refractivity contribution >= 4 is 5.97 Å². The second kappa shape index (κ2) is 6.08. The molecule has 88 valence electrons. The molecule has 0 spiro atoms. The first-order valence-corrected chi connectivity index (χ1v) is 5.71. The molecule has 0 aromatic carbocycles. The van der Waals surface area contributed by atoms with Crippen molar-refractivity contribution in [3.8, 4) is 0 Å². The van der Waals surface area contributed by atoms with Crippen LogP contribution in [0.5, 0.6) is 0 Å². The predicted octanol–water partition coefficient (Wildman–Crippen LogP) is 0.479. The van der Waals surface area contributed by atoms with Crippen LogP contribution in [0.4, 0.5) is 0 Å². The Morgan fingerprint density at radius 3 is 2.93 bits per heavy atom. The third-order valence-corrected chi connectivity index (χ3v) is 2.92. The zero-order valence-corrected chi connectivity index (χ0v) is 9.95. The lowest BCUT2D eigenvalue weighted by atomic mass is 9.94. The van der Waals surface area contributed by atoms with Gasteiger partial charge in [-0.15, -0.1) is 0 Å². The minimum atomic E-state index is -0.149. The Labute approximate surface area is 92.0 Å².